The van der Waals surface area contributed by atoms with Crippen LogP contribution in [0.1, 0.15) is 25.8 Å². The number of rotatable bonds is 4. The van der Waals surface area contributed by atoms with Gasteiger partial charge < -0.3 is 15.8 Å². The summed E-state index contributed by atoms with van der Waals surface area (Å²) in [5, 5.41) is 22.7. The topological polar surface area (TPSA) is 118 Å². The molecular weight excluding hydrogens is 274 g/mol. The number of nitrogens with two attached hydrogens (primary N) is 1. The highest BCUT2D eigenvalue weighted by Gasteiger charge is 2.28. The van der Waals surface area contributed by atoms with Crippen molar-refractivity contribution in [3.8, 4) is 0 Å². The Labute approximate surface area is 122 Å². The smallest absolute Gasteiger partial charge is 0.288 e. The first kappa shape index (κ1) is 15.0. The van der Waals surface area contributed by atoms with Crippen molar-refractivity contribution >= 4 is 17.3 Å². The summed E-state index contributed by atoms with van der Waals surface area (Å²) in [5.41, 5.74) is 5.74. The first-order valence-corrected chi connectivity index (χ1v) is 6.81. The summed E-state index contributed by atoms with van der Waals surface area (Å²) in [4.78, 5) is 16.5. The van der Waals surface area contributed by atoms with Crippen molar-refractivity contribution in [2.45, 2.75) is 20.3 Å². The van der Waals surface area contributed by atoms with Gasteiger partial charge in [-0.25, -0.2) is 4.98 Å². The minimum atomic E-state index is -0.550. The van der Waals surface area contributed by atoms with E-state index >= 15 is 0 Å². The van der Waals surface area contributed by atoms with Crippen LogP contribution in [0.3, 0.4) is 0 Å². The van der Waals surface area contributed by atoms with Crippen LogP contribution in [0.5, 0.6) is 0 Å². The molecule has 2 rings (SSSR count). The van der Waals surface area contributed by atoms with Crippen LogP contribution in [0.2, 0.25) is 0 Å². The molecule has 114 valence electrons. The second-order valence-electron chi connectivity index (χ2n) is 5.55. The predicted molar refractivity (Wildman–Crippen MR) is 78.6 cm³/mol. The summed E-state index contributed by atoms with van der Waals surface area (Å²) in [5.74, 6) is 1.45. The van der Waals surface area contributed by atoms with E-state index in [4.69, 9.17) is 10.9 Å². The Balaban J connectivity index is 2.37. The van der Waals surface area contributed by atoms with Gasteiger partial charge in [0.15, 0.2) is 5.84 Å². The molecule has 1 fully saturated rings. The molecule has 8 nitrogen and oxygen atoms in total. The van der Waals surface area contributed by atoms with Crippen LogP contribution in [-0.2, 0) is 0 Å². The normalized spacial score (nSPS) is 19.3. The highest BCUT2D eigenvalue weighted by atomic mass is 16.6. The molecule has 0 radical (unpaired) electrons. The summed E-state index contributed by atoms with van der Waals surface area (Å²) in [6.07, 6.45) is 2.23. The van der Waals surface area contributed by atoms with Gasteiger partial charge in [0, 0.05) is 19.2 Å². The lowest BCUT2D eigenvalue weighted by atomic mass is 9.95. The van der Waals surface area contributed by atoms with E-state index < -0.39 is 4.92 Å². The molecular formula is C13H19N5O3. The number of oxime groups is 1. The fourth-order valence-corrected chi connectivity index (χ4v) is 2.56. The van der Waals surface area contributed by atoms with Gasteiger partial charge >= 0.3 is 0 Å². The van der Waals surface area contributed by atoms with E-state index in [1.165, 1.54) is 12.3 Å². The van der Waals surface area contributed by atoms with Gasteiger partial charge in [-0.3, -0.25) is 10.1 Å². The third kappa shape index (κ3) is 3.04. The average Bonchev–Trinajstić information content (AvgIpc) is 2.95. The first-order chi connectivity index (χ1) is 9.93. The van der Waals surface area contributed by atoms with Gasteiger partial charge in [-0.15, -0.1) is 0 Å². The quantitative estimate of drug-likeness (QED) is 0.286. The van der Waals surface area contributed by atoms with E-state index in [0.29, 0.717) is 17.7 Å². The number of aromatic nitrogens is 1. The van der Waals surface area contributed by atoms with Crippen LogP contribution < -0.4 is 10.6 Å². The Hall–Kier alpha value is -2.38. The van der Waals surface area contributed by atoms with E-state index in [-0.39, 0.29) is 17.1 Å². The van der Waals surface area contributed by atoms with Crippen molar-refractivity contribution in [2.75, 3.05) is 18.0 Å². The minimum Gasteiger partial charge on any atom is -0.409 e. The highest BCUT2D eigenvalue weighted by molar-refractivity contribution is 6.02. The van der Waals surface area contributed by atoms with Gasteiger partial charge in [-0.2, -0.15) is 0 Å². The molecule has 2 heterocycles. The van der Waals surface area contributed by atoms with Crippen LogP contribution in [0.4, 0.5) is 11.5 Å². The number of amidine groups is 1. The molecule has 8 heteroatoms. The van der Waals surface area contributed by atoms with Gasteiger partial charge in [-0.1, -0.05) is 19.0 Å². The van der Waals surface area contributed by atoms with Crippen LogP contribution in [0, 0.1) is 22.0 Å². The lowest BCUT2D eigenvalue weighted by Crippen LogP contribution is -2.26. The summed E-state index contributed by atoms with van der Waals surface area (Å²) in [6.45, 7) is 5.96. The molecule has 0 saturated carbocycles. The van der Waals surface area contributed by atoms with Gasteiger partial charge in [0.2, 0.25) is 0 Å². The summed E-state index contributed by atoms with van der Waals surface area (Å²) >= 11 is 0. The molecule has 1 saturated heterocycles. The second-order valence-corrected chi connectivity index (χ2v) is 5.55. The molecule has 3 N–H and O–H groups in total. The molecule has 0 spiro atoms. The van der Waals surface area contributed by atoms with Gasteiger partial charge in [0.05, 0.1) is 10.5 Å². The molecule has 1 atom stereocenters. The fourth-order valence-electron chi connectivity index (χ4n) is 2.56. The van der Waals surface area contributed by atoms with Gasteiger partial charge in [0.1, 0.15) is 12.0 Å². The van der Waals surface area contributed by atoms with Crippen LogP contribution in [-0.4, -0.2) is 34.0 Å². The van der Waals surface area contributed by atoms with Crippen molar-refractivity contribution in [1.29, 1.82) is 0 Å². The van der Waals surface area contributed by atoms with E-state index in [0.717, 1.165) is 19.5 Å². The maximum atomic E-state index is 10.8. The summed E-state index contributed by atoms with van der Waals surface area (Å²) in [6, 6.07) is 1.29. The first-order valence-electron chi connectivity index (χ1n) is 6.81. The average molecular weight is 293 g/mol. The van der Waals surface area contributed by atoms with Gasteiger partial charge in [0.25, 0.3) is 5.69 Å². The summed E-state index contributed by atoms with van der Waals surface area (Å²) < 4.78 is 0. The van der Waals surface area contributed by atoms with Crippen molar-refractivity contribution in [2.24, 2.45) is 22.7 Å². The molecule has 0 aliphatic carbocycles. The zero-order valence-electron chi connectivity index (χ0n) is 12.1. The number of nitro groups is 1. The standard InChI is InChI=1S/C13H19N5O3/c1-8(2)9-3-4-17(7-9)13-11(12(14)16-19)5-10(6-15-13)18(20)21/h5-6,8-9,19H,3-4,7H2,1-2H3,(H2,14,16). The highest BCUT2D eigenvalue weighted by Crippen LogP contribution is 2.30. The van der Waals surface area contributed by atoms with E-state index in [9.17, 15) is 10.1 Å². The number of hydrogen-bond donors (Lipinski definition) is 2. The number of anilines is 1. The molecule has 0 amide bonds. The minimum absolute atomic E-state index is 0.172. The lowest BCUT2D eigenvalue weighted by Gasteiger charge is -2.21. The monoisotopic (exact) mass is 293 g/mol. The largest absolute Gasteiger partial charge is 0.409 e. The van der Waals surface area contributed by atoms with Crippen LogP contribution in [0.15, 0.2) is 17.4 Å². The molecule has 21 heavy (non-hydrogen) atoms. The molecule has 1 aliphatic rings. The SMILES string of the molecule is CC(C)C1CCN(c2ncc([N+](=O)[O-])cc2C(N)=NO)C1. The van der Waals surface area contributed by atoms with Crippen LogP contribution >= 0.6 is 0 Å². The molecule has 1 aliphatic heterocycles. The third-order valence-corrected chi connectivity index (χ3v) is 3.91. The van der Waals surface area contributed by atoms with Crippen molar-refractivity contribution in [3.63, 3.8) is 0 Å². The summed E-state index contributed by atoms with van der Waals surface area (Å²) in [7, 11) is 0. The Kier molecular flexibility index (Phi) is 4.25. The molecule has 1 aromatic rings. The number of pyridine rings is 1. The molecule has 1 unspecified atom stereocenters. The maximum absolute atomic E-state index is 10.8. The molecule has 0 aromatic carbocycles. The Bertz CT molecular complexity index is 573. The maximum Gasteiger partial charge on any atom is 0.288 e. The predicted octanol–water partition coefficient (Wildman–Crippen LogP) is 1.57. The Morgan fingerprint density at radius 1 is 1.67 bits per heavy atom. The number of hydrogen-bond acceptors (Lipinski definition) is 6. The molecule has 1 aromatic heterocycles. The van der Waals surface area contributed by atoms with E-state index in [2.05, 4.69) is 24.0 Å². The van der Waals surface area contributed by atoms with Crippen molar-refractivity contribution in [1.82, 2.24) is 4.98 Å². The fraction of sp³-hybridized carbons (Fsp3) is 0.538. The van der Waals surface area contributed by atoms with E-state index in [1.54, 1.807) is 0 Å². The van der Waals surface area contributed by atoms with Crippen LogP contribution in [0.25, 0.3) is 0 Å². The van der Waals surface area contributed by atoms with Crippen molar-refractivity contribution < 1.29 is 10.1 Å². The van der Waals surface area contributed by atoms with Crippen molar-refractivity contribution in [3.05, 3.63) is 27.9 Å². The molecule has 0 bridgehead atoms. The third-order valence-electron chi connectivity index (χ3n) is 3.91. The lowest BCUT2D eigenvalue weighted by molar-refractivity contribution is -0.385. The zero-order chi connectivity index (χ0) is 15.6. The Morgan fingerprint density at radius 3 is 2.90 bits per heavy atom. The van der Waals surface area contributed by atoms with Gasteiger partial charge in [-0.05, 0) is 18.3 Å². The zero-order valence-corrected chi connectivity index (χ0v) is 12.1. The second kappa shape index (κ2) is 5.94. The van der Waals surface area contributed by atoms with E-state index in [1.807, 2.05) is 4.90 Å². The Morgan fingerprint density at radius 2 is 2.38 bits per heavy atom. The number of nitrogens with zero attached hydrogens (tertiary/aromatic N) is 4.